The highest BCUT2D eigenvalue weighted by atomic mass is 35.5. The Balaban J connectivity index is 2.38. The smallest absolute Gasteiger partial charge is 0.337 e. The molecule has 3 nitrogen and oxygen atoms in total. The summed E-state index contributed by atoms with van der Waals surface area (Å²) in [7, 11) is 0. The number of hydrogen-bond acceptors (Lipinski definition) is 2. The Hall–Kier alpha value is -1.78. The van der Waals surface area contributed by atoms with E-state index in [2.05, 4.69) is 5.32 Å². The van der Waals surface area contributed by atoms with Crippen LogP contribution in [-0.2, 0) is 0 Å². The van der Waals surface area contributed by atoms with Gasteiger partial charge in [-0.25, -0.2) is 9.18 Å². The van der Waals surface area contributed by atoms with Crippen molar-refractivity contribution in [2.75, 3.05) is 5.32 Å². The molecule has 0 spiro atoms. The summed E-state index contributed by atoms with van der Waals surface area (Å²) in [5, 5.41) is 12.4. The first-order valence-electron chi connectivity index (χ1n) is 6.14. The molecule has 2 aromatic rings. The average Bonchev–Trinajstić information content (AvgIpc) is 2.43. The van der Waals surface area contributed by atoms with Crippen LogP contribution in [0.5, 0.6) is 0 Å². The average molecular weight is 328 g/mol. The Labute approximate surface area is 131 Å². The van der Waals surface area contributed by atoms with Crippen LogP contribution in [0.1, 0.15) is 28.9 Å². The van der Waals surface area contributed by atoms with Crippen molar-refractivity contribution in [1.29, 1.82) is 0 Å². The molecule has 0 saturated heterocycles. The van der Waals surface area contributed by atoms with Crippen LogP contribution in [0.2, 0.25) is 10.0 Å². The van der Waals surface area contributed by atoms with Gasteiger partial charge >= 0.3 is 5.97 Å². The van der Waals surface area contributed by atoms with Gasteiger partial charge in [0.15, 0.2) is 0 Å². The number of para-hydroxylation sites is 1. The topological polar surface area (TPSA) is 49.3 Å². The fourth-order valence-electron chi connectivity index (χ4n) is 2.04. The van der Waals surface area contributed by atoms with E-state index in [4.69, 9.17) is 28.3 Å². The summed E-state index contributed by atoms with van der Waals surface area (Å²) in [4.78, 5) is 11.2. The van der Waals surface area contributed by atoms with E-state index in [0.29, 0.717) is 16.3 Å². The van der Waals surface area contributed by atoms with Crippen molar-refractivity contribution in [2.24, 2.45) is 0 Å². The van der Waals surface area contributed by atoms with E-state index >= 15 is 0 Å². The van der Waals surface area contributed by atoms with Crippen LogP contribution in [0.4, 0.5) is 10.1 Å². The minimum absolute atomic E-state index is 0.0738. The molecule has 6 heteroatoms. The van der Waals surface area contributed by atoms with E-state index in [1.165, 1.54) is 18.2 Å². The summed E-state index contributed by atoms with van der Waals surface area (Å²) in [6.45, 7) is 1.73. The number of rotatable bonds is 4. The van der Waals surface area contributed by atoms with Crippen molar-refractivity contribution >= 4 is 34.9 Å². The highest BCUT2D eigenvalue weighted by molar-refractivity contribution is 6.36. The third-order valence-corrected chi connectivity index (χ3v) is 3.76. The van der Waals surface area contributed by atoms with E-state index in [0.717, 1.165) is 0 Å². The summed E-state index contributed by atoms with van der Waals surface area (Å²) in [5.41, 5.74) is 0.917. The molecule has 0 aromatic heterocycles. The highest BCUT2D eigenvalue weighted by Crippen LogP contribution is 2.34. The van der Waals surface area contributed by atoms with Gasteiger partial charge in [-0.2, -0.15) is 0 Å². The minimum Gasteiger partial charge on any atom is -0.478 e. The molecule has 21 heavy (non-hydrogen) atoms. The first-order chi connectivity index (χ1) is 9.91. The van der Waals surface area contributed by atoms with Gasteiger partial charge in [0, 0.05) is 16.3 Å². The van der Waals surface area contributed by atoms with E-state index in [-0.39, 0.29) is 10.6 Å². The Morgan fingerprint density at radius 1 is 1.24 bits per heavy atom. The molecule has 0 bridgehead atoms. The van der Waals surface area contributed by atoms with E-state index in [9.17, 15) is 9.18 Å². The Kier molecular flexibility index (Phi) is 4.70. The molecule has 2 aromatic carbocycles. The summed E-state index contributed by atoms with van der Waals surface area (Å²) in [5.74, 6) is -1.63. The maximum absolute atomic E-state index is 13.6. The van der Waals surface area contributed by atoms with Gasteiger partial charge in [-0.05, 0) is 31.2 Å². The molecule has 2 N–H and O–H groups in total. The number of carboxylic acid groups (broad SMARTS) is 1. The maximum atomic E-state index is 13.6. The van der Waals surface area contributed by atoms with Crippen molar-refractivity contribution in [3.8, 4) is 0 Å². The van der Waals surface area contributed by atoms with Crippen LogP contribution in [0, 0.1) is 5.82 Å². The molecule has 0 fully saturated rings. The second kappa shape index (κ2) is 6.33. The predicted molar refractivity (Wildman–Crippen MR) is 81.9 cm³/mol. The molecule has 0 heterocycles. The SMILES string of the molecule is CC(Nc1ccccc1C(=O)O)c1c(Cl)ccc(F)c1Cl. The minimum atomic E-state index is -1.05. The fourth-order valence-corrected chi connectivity index (χ4v) is 2.74. The fraction of sp³-hybridized carbons (Fsp3) is 0.133. The molecule has 0 aliphatic rings. The van der Waals surface area contributed by atoms with Crippen LogP contribution < -0.4 is 5.32 Å². The highest BCUT2D eigenvalue weighted by Gasteiger charge is 2.19. The number of hydrogen-bond donors (Lipinski definition) is 2. The quantitative estimate of drug-likeness (QED) is 0.776. The second-order valence-corrected chi connectivity index (χ2v) is 5.26. The molecule has 0 amide bonds. The normalized spacial score (nSPS) is 12.0. The summed E-state index contributed by atoms with van der Waals surface area (Å²) < 4.78 is 13.6. The molecule has 1 atom stereocenters. The summed E-state index contributed by atoms with van der Waals surface area (Å²) in [6.07, 6.45) is 0. The molecule has 2 rings (SSSR count). The molecule has 110 valence electrons. The molecular formula is C15H12Cl2FNO2. The monoisotopic (exact) mass is 327 g/mol. The number of benzene rings is 2. The van der Waals surface area contributed by atoms with Crippen molar-refractivity contribution in [1.82, 2.24) is 0 Å². The van der Waals surface area contributed by atoms with Crippen LogP contribution in [0.25, 0.3) is 0 Å². The van der Waals surface area contributed by atoms with Crippen molar-refractivity contribution in [3.63, 3.8) is 0 Å². The number of carboxylic acids is 1. The van der Waals surface area contributed by atoms with Crippen LogP contribution in [0.15, 0.2) is 36.4 Å². The zero-order valence-corrected chi connectivity index (χ0v) is 12.5. The van der Waals surface area contributed by atoms with Gasteiger partial charge in [0.2, 0.25) is 0 Å². The van der Waals surface area contributed by atoms with Gasteiger partial charge in [-0.3, -0.25) is 0 Å². The van der Waals surface area contributed by atoms with Gasteiger partial charge in [-0.1, -0.05) is 35.3 Å². The number of anilines is 1. The molecular weight excluding hydrogens is 316 g/mol. The second-order valence-electron chi connectivity index (χ2n) is 4.47. The Bertz CT molecular complexity index is 691. The summed E-state index contributed by atoms with van der Waals surface area (Å²) in [6, 6.07) is 8.58. The van der Waals surface area contributed by atoms with E-state index in [1.807, 2.05) is 0 Å². The lowest BCUT2D eigenvalue weighted by atomic mass is 10.1. The molecule has 0 aliphatic carbocycles. The lowest BCUT2D eigenvalue weighted by molar-refractivity contribution is 0.0698. The zero-order chi connectivity index (χ0) is 15.6. The number of nitrogens with one attached hydrogen (secondary N) is 1. The van der Waals surface area contributed by atoms with E-state index < -0.39 is 17.8 Å². The third kappa shape index (κ3) is 3.28. The van der Waals surface area contributed by atoms with Crippen LogP contribution in [-0.4, -0.2) is 11.1 Å². The maximum Gasteiger partial charge on any atom is 0.337 e. The first kappa shape index (κ1) is 15.6. The first-order valence-corrected chi connectivity index (χ1v) is 6.89. The van der Waals surface area contributed by atoms with Gasteiger partial charge in [-0.15, -0.1) is 0 Å². The van der Waals surface area contributed by atoms with Crippen molar-refractivity contribution in [2.45, 2.75) is 13.0 Å². The lowest BCUT2D eigenvalue weighted by Crippen LogP contribution is -2.12. The molecule has 0 aliphatic heterocycles. The van der Waals surface area contributed by atoms with E-state index in [1.54, 1.807) is 25.1 Å². The molecule has 0 radical (unpaired) electrons. The Morgan fingerprint density at radius 2 is 1.90 bits per heavy atom. The zero-order valence-electron chi connectivity index (χ0n) is 11.0. The number of carbonyl (C=O) groups is 1. The van der Waals surface area contributed by atoms with Crippen LogP contribution >= 0.6 is 23.2 Å². The largest absolute Gasteiger partial charge is 0.478 e. The lowest BCUT2D eigenvalue weighted by Gasteiger charge is -2.19. The number of halogens is 3. The number of aromatic carboxylic acids is 1. The third-order valence-electron chi connectivity index (χ3n) is 3.04. The van der Waals surface area contributed by atoms with Gasteiger partial charge in [0.25, 0.3) is 0 Å². The van der Waals surface area contributed by atoms with Gasteiger partial charge < -0.3 is 10.4 Å². The predicted octanol–water partition coefficient (Wildman–Crippen LogP) is 5.00. The standard InChI is InChI=1S/C15H12Cl2FNO2/c1-8(13-10(16)6-7-11(18)14(13)17)19-12-5-3-2-4-9(12)15(20)21/h2-8,19H,1H3,(H,20,21). The molecule has 0 saturated carbocycles. The molecule has 1 unspecified atom stereocenters. The van der Waals surface area contributed by atoms with Crippen LogP contribution in [0.3, 0.4) is 0 Å². The van der Waals surface area contributed by atoms with Crippen molar-refractivity contribution < 1.29 is 14.3 Å². The van der Waals surface area contributed by atoms with Gasteiger partial charge in [0.1, 0.15) is 5.82 Å². The Morgan fingerprint density at radius 3 is 2.57 bits per heavy atom. The van der Waals surface area contributed by atoms with Gasteiger partial charge in [0.05, 0.1) is 16.6 Å². The van der Waals surface area contributed by atoms with Crippen molar-refractivity contribution in [3.05, 3.63) is 63.4 Å². The summed E-state index contributed by atoms with van der Waals surface area (Å²) >= 11 is 12.0.